The van der Waals surface area contributed by atoms with Crippen LogP contribution in [0.4, 0.5) is 5.82 Å². The molecule has 3 aliphatic rings. The van der Waals surface area contributed by atoms with E-state index < -0.39 is 12.0 Å². The van der Waals surface area contributed by atoms with Gasteiger partial charge < -0.3 is 15.3 Å². The summed E-state index contributed by atoms with van der Waals surface area (Å²) in [6.45, 7) is 3.61. The van der Waals surface area contributed by atoms with Crippen LogP contribution in [0.3, 0.4) is 0 Å². The lowest BCUT2D eigenvalue weighted by molar-refractivity contribution is -0.144. The second kappa shape index (κ2) is 9.51. The molecule has 0 spiro atoms. The molecular weight excluding hydrogens is 416 g/mol. The number of pyridine rings is 1. The lowest BCUT2D eigenvalue weighted by Gasteiger charge is -2.34. The Morgan fingerprint density at radius 1 is 1.03 bits per heavy atom. The van der Waals surface area contributed by atoms with E-state index in [0.717, 1.165) is 62.4 Å². The van der Waals surface area contributed by atoms with E-state index >= 15 is 0 Å². The van der Waals surface area contributed by atoms with Gasteiger partial charge in [-0.3, -0.25) is 14.5 Å². The summed E-state index contributed by atoms with van der Waals surface area (Å²) in [5, 5.41) is 13.2. The molecule has 2 aromatic rings. The third-order valence-corrected chi connectivity index (χ3v) is 7.42. The standard InChI is InChI=1S/C26H32N4O3/c31-25(21-12-16-30(17-21)23(26(32)33)19-5-2-1-3-6-19)29-14-10-18(11-15-29)22-9-8-20-7-4-13-27-24(20)28-22/h1-3,5-6,8-9,18,21,23H,4,7,10-17H2,(H,27,28)(H,32,33)/t21-,23-/m1/s1. The Morgan fingerprint density at radius 3 is 2.58 bits per heavy atom. The first-order chi connectivity index (χ1) is 16.1. The van der Waals surface area contributed by atoms with E-state index in [1.165, 1.54) is 5.56 Å². The molecule has 2 atom stereocenters. The number of hydrogen-bond acceptors (Lipinski definition) is 5. The molecule has 0 unspecified atom stereocenters. The van der Waals surface area contributed by atoms with Crippen LogP contribution in [0.5, 0.6) is 0 Å². The van der Waals surface area contributed by atoms with Crippen LogP contribution < -0.4 is 5.32 Å². The number of aliphatic carboxylic acids is 1. The van der Waals surface area contributed by atoms with Gasteiger partial charge >= 0.3 is 5.97 Å². The largest absolute Gasteiger partial charge is 0.480 e. The molecule has 3 aliphatic heterocycles. The molecule has 33 heavy (non-hydrogen) atoms. The molecule has 2 fully saturated rings. The van der Waals surface area contributed by atoms with E-state index in [-0.39, 0.29) is 11.8 Å². The van der Waals surface area contributed by atoms with E-state index in [0.29, 0.717) is 25.4 Å². The Labute approximate surface area is 194 Å². The topological polar surface area (TPSA) is 85.8 Å². The number of nitrogens with one attached hydrogen (secondary N) is 1. The van der Waals surface area contributed by atoms with Crippen molar-refractivity contribution in [3.8, 4) is 0 Å². The summed E-state index contributed by atoms with van der Waals surface area (Å²) in [4.78, 5) is 34.0. The number of aromatic nitrogens is 1. The van der Waals surface area contributed by atoms with E-state index in [4.69, 9.17) is 4.98 Å². The number of fused-ring (bicyclic) bond motifs is 1. The Morgan fingerprint density at radius 2 is 1.82 bits per heavy atom. The maximum Gasteiger partial charge on any atom is 0.325 e. The minimum atomic E-state index is -0.859. The number of carboxylic acid groups (broad SMARTS) is 1. The molecule has 0 bridgehead atoms. The number of hydrogen-bond donors (Lipinski definition) is 2. The van der Waals surface area contributed by atoms with Crippen molar-refractivity contribution < 1.29 is 14.7 Å². The van der Waals surface area contributed by atoms with Gasteiger partial charge in [0.2, 0.25) is 5.91 Å². The average Bonchev–Trinajstić information content (AvgIpc) is 3.33. The zero-order chi connectivity index (χ0) is 22.8. The molecule has 0 radical (unpaired) electrons. The predicted octanol–water partition coefficient (Wildman–Crippen LogP) is 3.29. The summed E-state index contributed by atoms with van der Waals surface area (Å²) in [6.07, 6.45) is 4.82. The van der Waals surface area contributed by atoms with Crippen molar-refractivity contribution in [3.05, 3.63) is 59.3 Å². The number of likely N-dealkylation sites (tertiary alicyclic amines) is 2. The molecule has 4 heterocycles. The van der Waals surface area contributed by atoms with Crippen LogP contribution in [0, 0.1) is 5.92 Å². The molecule has 1 amide bonds. The van der Waals surface area contributed by atoms with Crippen LogP contribution in [0.2, 0.25) is 0 Å². The van der Waals surface area contributed by atoms with Crippen molar-refractivity contribution in [2.75, 3.05) is 38.0 Å². The Balaban J connectivity index is 1.18. The van der Waals surface area contributed by atoms with Crippen molar-refractivity contribution in [1.82, 2.24) is 14.8 Å². The van der Waals surface area contributed by atoms with Gasteiger partial charge in [-0.1, -0.05) is 36.4 Å². The van der Waals surface area contributed by atoms with Crippen LogP contribution in [0.25, 0.3) is 0 Å². The third kappa shape index (κ3) is 4.60. The molecule has 7 heteroatoms. The zero-order valence-corrected chi connectivity index (χ0v) is 18.9. The average molecular weight is 449 g/mol. The fourth-order valence-corrected chi connectivity index (χ4v) is 5.59. The van der Waals surface area contributed by atoms with Crippen molar-refractivity contribution in [3.63, 3.8) is 0 Å². The van der Waals surface area contributed by atoms with E-state index in [9.17, 15) is 14.7 Å². The number of anilines is 1. The molecule has 2 N–H and O–H groups in total. The van der Waals surface area contributed by atoms with Gasteiger partial charge in [0.25, 0.3) is 0 Å². The van der Waals surface area contributed by atoms with Crippen molar-refractivity contribution in [2.24, 2.45) is 5.92 Å². The zero-order valence-electron chi connectivity index (χ0n) is 18.9. The maximum absolute atomic E-state index is 13.2. The van der Waals surface area contributed by atoms with Gasteiger partial charge in [-0.05, 0) is 49.3 Å². The van der Waals surface area contributed by atoms with Crippen LogP contribution in [0.1, 0.15) is 54.5 Å². The molecular formula is C26H32N4O3. The minimum Gasteiger partial charge on any atom is -0.480 e. The summed E-state index contributed by atoms with van der Waals surface area (Å²) in [5.41, 5.74) is 3.21. The van der Waals surface area contributed by atoms with Crippen LogP contribution in [0.15, 0.2) is 42.5 Å². The van der Waals surface area contributed by atoms with Gasteiger partial charge in [0, 0.05) is 44.3 Å². The lowest BCUT2D eigenvalue weighted by atomic mass is 9.91. The summed E-state index contributed by atoms with van der Waals surface area (Å²) in [5.74, 6) is 0.612. The fraction of sp³-hybridized carbons (Fsp3) is 0.500. The number of carboxylic acids is 1. The predicted molar refractivity (Wildman–Crippen MR) is 126 cm³/mol. The van der Waals surface area contributed by atoms with E-state index in [2.05, 4.69) is 17.4 Å². The summed E-state index contributed by atoms with van der Waals surface area (Å²) < 4.78 is 0. The molecule has 5 rings (SSSR count). The van der Waals surface area contributed by atoms with Gasteiger partial charge in [-0.2, -0.15) is 0 Å². The van der Waals surface area contributed by atoms with E-state index in [1.54, 1.807) is 0 Å². The molecule has 7 nitrogen and oxygen atoms in total. The number of carbonyl (C=O) groups is 2. The Hall–Kier alpha value is -2.93. The number of benzene rings is 1. The second-order valence-corrected chi connectivity index (χ2v) is 9.51. The maximum atomic E-state index is 13.2. The normalized spacial score (nSPS) is 22.4. The number of piperidine rings is 1. The summed E-state index contributed by atoms with van der Waals surface area (Å²) in [7, 11) is 0. The molecule has 174 valence electrons. The van der Waals surface area contributed by atoms with Crippen molar-refractivity contribution in [2.45, 2.75) is 44.1 Å². The number of nitrogens with zero attached hydrogens (tertiary/aromatic N) is 3. The lowest BCUT2D eigenvalue weighted by Crippen LogP contribution is -2.42. The van der Waals surface area contributed by atoms with Crippen LogP contribution in [-0.2, 0) is 16.0 Å². The van der Waals surface area contributed by atoms with Crippen molar-refractivity contribution in [1.29, 1.82) is 0 Å². The van der Waals surface area contributed by atoms with E-state index in [1.807, 2.05) is 40.1 Å². The van der Waals surface area contributed by atoms with Crippen LogP contribution in [-0.4, -0.2) is 64.5 Å². The quantitative estimate of drug-likeness (QED) is 0.730. The molecule has 0 aliphatic carbocycles. The monoisotopic (exact) mass is 448 g/mol. The number of amides is 1. The second-order valence-electron chi connectivity index (χ2n) is 9.51. The molecule has 2 saturated heterocycles. The highest BCUT2D eigenvalue weighted by Crippen LogP contribution is 2.33. The van der Waals surface area contributed by atoms with Gasteiger partial charge in [-0.15, -0.1) is 0 Å². The first kappa shape index (κ1) is 21.9. The van der Waals surface area contributed by atoms with Gasteiger partial charge in [-0.25, -0.2) is 4.98 Å². The molecule has 1 aromatic carbocycles. The smallest absolute Gasteiger partial charge is 0.325 e. The van der Waals surface area contributed by atoms with Gasteiger partial charge in [0.1, 0.15) is 11.9 Å². The highest BCUT2D eigenvalue weighted by molar-refractivity contribution is 5.80. The van der Waals surface area contributed by atoms with Crippen LogP contribution >= 0.6 is 0 Å². The summed E-state index contributed by atoms with van der Waals surface area (Å²) in [6, 6.07) is 13.0. The highest BCUT2D eigenvalue weighted by atomic mass is 16.4. The van der Waals surface area contributed by atoms with Gasteiger partial charge in [0.05, 0.1) is 5.92 Å². The molecule has 0 saturated carbocycles. The number of carbonyl (C=O) groups excluding carboxylic acids is 1. The first-order valence-electron chi connectivity index (χ1n) is 12.1. The Bertz CT molecular complexity index is 1000. The third-order valence-electron chi connectivity index (χ3n) is 7.42. The SMILES string of the molecule is O=C(O)[C@@H](c1ccccc1)N1CC[C@@H](C(=O)N2CCC(c3ccc4c(n3)NCCC4)CC2)C1. The summed E-state index contributed by atoms with van der Waals surface area (Å²) >= 11 is 0. The fourth-order valence-electron chi connectivity index (χ4n) is 5.59. The number of rotatable bonds is 5. The highest BCUT2D eigenvalue weighted by Gasteiger charge is 2.38. The van der Waals surface area contributed by atoms with Gasteiger partial charge in [0.15, 0.2) is 0 Å². The number of aryl methyl sites for hydroxylation is 1. The first-order valence-corrected chi connectivity index (χ1v) is 12.1. The molecule has 1 aromatic heterocycles. The minimum absolute atomic E-state index is 0.127. The Kier molecular flexibility index (Phi) is 6.31. The van der Waals surface area contributed by atoms with Crippen molar-refractivity contribution >= 4 is 17.7 Å².